The van der Waals surface area contributed by atoms with E-state index in [9.17, 15) is 18.7 Å². The first-order valence-corrected chi connectivity index (χ1v) is 5.97. The summed E-state index contributed by atoms with van der Waals surface area (Å²) in [4.78, 5) is 11.1. The number of esters is 1. The van der Waals surface area contributed by atoms with Crippen LogP contribution in [0.4, 0.5) is 14.5 Å². The van der Waals surface area contributed by atoms with E-state index < -0.39 is 23.7 Å². The second-order valence-corrected chi connectivity index (χ2v) is 4.13. The zero-order chi connectivity index (χ0) is 14.4. The third-order valence-corrected chi connectivity index (χ3v) is 2.48. The molecule has 0 aliphatic heterocycles. The number of carbonyl (C=O) groups excluding carboxylic acids is 1. The number of aryl methyl sites for hydroxylation is 1. The molecule has 1 atom stereocenters. The lowest BCUT2D eigenvalue weighted by atomic mass is 10.2. The summed E-state index contributed by atoms with van der Waals surface area (Å²) in [5.41, 5.74) is 0.154. The van der Waals surface area contributed by atoms with Crippen LogP contribution in [0, 0.1) is 18.6 Å². The molecule has 4 nitrogen and oxygen atoms in total. The smallest absolute Gasteiger partial charge is 0.308 e. The van der Waals surface area contributed by atoms with Crippen LogP contribution in [0.25, 0.3) is 0 Å². The third kappa shape index (κ3) is 4.82. The van der Waals surface area contributed by atoms with E-state index in [2.05, 4.69) is 10.1 Å². The van der Waals surface area contributed by atoms with Crippen molar-refractivity contribution >= 4 is 11.7 Å². The number of halogens is 2. The van der Waals surface area contributed by atoms with Crippen LogP contribution in [-0.4, -0.2) is 30.3 Å². The van der Waals surface area contributed by atoms with E-state index in [4.69, 9.17) is 0 Å². The fourth-order valence-corrected chi connectivity index (χ4v) is 1.49. The standard InChI is InChI=1S/C13H17F2NO3/c1-3-19-13(18)5-9(17)7-16-12-6-10(14)8(2)4-11(12)15/h4,6,9,16-17H,3,5,7H2,1-2H3. The van der Waals surface area contributed by atoms with Crippen molar-refractivity contribution in [2.75, 3.05) is 18.5 Å². The lowest BCUT2D eigenvalue weighted by Crippen LogP contribution is -2.24. The van der Waals surface area contributed by atoms with Gasteiger partial charge >= 0.3 is 5.97 Å². The van der Waals surface area contributed by atoms with Crippen molar-refractivity contribution in [1.29, 1.82) is 0 Å². The number of rotatable bonds is 6. The molecule has 1 aromatic carbocycles. The molecule has 2 N–H and O–H groups in total. The van der Waals surface area contributed by atoms with Gasteiger partial charge in [0.15, 0.2) is 0 Å². The van der Waals surface area contributed by atoms with Gasteiger partial charge in [0.05, 0.1) is 24.8 Å². The van der Waals surface area contributed by atoms with Gasteiger partial charge in [-0.05, 0) is 25.5 Å². The number of ether oxygens (including phenoxy) is 1. The Morgan fingerprint density at radius 2 is 2.11 bits per heavy atom. The molecule has 0 aromatic heterocycles. The van der Waals surface area contributed by atoms with Crippen LogP contribution in [0.1, 0.15) is 18.9 Å². The van der Waals surface area contributed by atoms with Crippen molar-refractivity contribution in [3.63, 3.8) is 0 Å². The van der Waals surface area contributed by atoms with Crippen molar-refractivity contribution in [2.45, 2.75) is 26.4 Å². The molecule has 1 aromatic rings. The third-order valence-electron chi connectivity index (χ3n) is 2.48. The fourth-order valence-electron chi connectivity index (χ4n) is 1.49. The van der Waals surface area contributed by atoms with Gasteiger partial charge in [-0.2, -0.15) is 0 Å². The van der Waals surface area contributed by atoms with Gasteiger partial charge in [0, 0.05) is 12.6 Å². The molecule has 0 fully saturated rings. The van der Waals surface area contributed by atoms with Gasteiger partial charge in [-0.3, -0.25) is 4.79 Å². The second-order valence-electron chi connectivity index (χ2n) is 4.13. The molecule has 0 bridgehead atoms. The fraction of sp³-hybridized carbons (Fsp3) is 0.462. The number of benzene rings is 1. The molecule has 0 aliphatic carbocycles. The van der Waals surface area contributed by atoms with Gasteiger partial charge in [0.2, 0.25) is 0 Å². The number of hydrogen-bond donors (Lipinski definition) is 2. The lowest BCUT2D eigenvalue weighted by molar-refractivity contribution is -0.145. The maximum atomic E-state index is 13.5. The average Bonchev–Trinajstić information content (AvgIpc) is 2.32. The highest BCUT2D eigenvalue weighted by atomic mass is 19.1. The normalized spacial score (nSPS) is 12.1. The molecule has 106 valence electrons. The number of carbonyl (C=O) groups is 1. The molecule has 19 heavy (non-hydrogen) atoms. The lowest BCUT2D eigenvalue weighted by Gasteiger charge is -2.13. The van der Waals surface area contributed by atoms with Crippen LogP contribution in [0.3, 0.4) is 0 Å². The van der Waals surface area contributed by atoms with Crippen LogP contribution >= 0.6 is 0 Å². The molecular weight excluding hydrogens is 256 g/mol. The Bertz CT molecular complexity index is 452. The zero-order valence-corrected chi connectivity index (χ0v) is 10.9. The molecular formula is C13H17F2NO3. The molecule has 0 saturated heterocycles. The number of anilines is 1. The van der Waals surface area contributed by atoms with Gasteiger partial charge in [0.1, 0.15) is 11.6 Å². The average molecular weight is 273 g/mol. The van der Waals surface area contributed by atoms with Crippen molar-refractivity contribution in [2.24, 2.45) is 0 Å². The van der Waals surface area contributed by atoms with Crippen molar-refractivity contribution in [3.8, 4) is 0 Å². The van der Waals surface area contributed by atoms with Gasteiger partial charge in [-0.25, -0.2) is 8.78 Å². The first-order chi connectivity index (χ1) is 8.93. The second kappa shape index (κ2) is 7.04. The topological polar surface area (TPSA) is 58.6 Å². The Balaban J connectivity index is 2.52. The van der Waals surface area contributed by atoms with E-state index in [1.807, 2.05) is 0 Å². The Morgan fingerprint density at radius 3 is 2.74 bits per heavy atom. The van der Waals surface area contributed by atoms with Crippen LogP contribution in [0.5, 0.6) is 0 Å². The highest BCUT2D eigenvalue weighted by molar-refractivity contribution is 5.70. The van der Waals surface area contributed by atoms with Gasteiger partial charge < -0.3 is 15.2 Å². The molecule has 0 spiro atoms. The SMILES string of the molecule is CCOC(=O)CC(O)CNc1cc(F)c(C)cc1F. The number of nitrogens with one attached hydrogen (secondary N) is 1. The minimum absolute atomic E-state index is 0.0500. The monoisotopic (exact) mass is 273 g/mol. The summed E-state index contributed by atoms with van der Waals surface area (Å²) in [5.74, 6) is -1.68. The summed E-state index contributed by atoms with van der Waals surface area (Å²) in [6.45, 7) is 3.28. The Kier molecular flexibility index (Phi) is 5.69. The van der Waals surface area contributed by atoms with Gasteiger partial charge in [-0.15, -0.1) is 0 Å². The van der Waals surface area contributed by atoms with Crippen molar-refractivity contribution in [3.05, 3.63) is 29.3 Å². The first kappa shape index (κ1) is 15.4. The minimum atomic E-state index is -1.03. The predicted octanol–water partition coefficient (Wildman–Crippen LogP) is 2.00. The van der Waals surface area contributed by atoms with Crippen molar-refractivity contribution in [1.82, 2.24) is 0 Å². The van der Waals surface area contributed by atoms with E-state index in [1.54, 1.807) is 6.92 Å². The van der Waals surface area contributed by atoms with E-state index in [0.29, 0.717) is 0 Å². The van der Waals surface area contributed by atoms with E-state index >= 15 is 0 Å². The highest BCUT2D eigenvalue weighted by Gasteiger charge is 2.13. The molecule has 1 rings (SSSR count). The predicted molar refractivity (Wildman–Crippen MR) is 66.8 cm³/mol. The molecule has 0 aliphatic rings. The molecule has 0 saturated carbocycles. The highest BCUT2D eigenvalue weighted by Crippen LogP contribution is 2.18. The maximum absolute atomic E-state index is 13.5. The summed E-state index contributed by atoms with van der Waals surface area (Å²) >= 11 is 0. The summed E-state index contributed by atoms with van der Waals surface area (Å²) in [5, 5.41) is 12.1. The molecule has 0 heterocycles. The Labute approximate surface area is 110 Å². The molecule has 6 heteroatoms. The van der Waals surface area contributed by atoms with Gasteiger partial charge in [-0.1, -0.05) is 0 Å². The van der Waals surface area contributed by atoms with Crippen LogP contribution in [0.2, 0.25) is 0 Å². The number of aliphatic hydroxyl groups excluding tert-OH is 1. The van der Waals surface area contributed by atoms with Gasteiger partial charge in [0.25, 0.3) is 0 Å². The zero-order valence-electron chi connectivity index (χ0n) is 10.9. The Hall–Kier alpha value is -1.69. The van der Waals surface area contributed by atoms with E-state index in [-0.39, 0.29) is 30.8 Å². The molecule has 0 radical (unpaired) electrons. The minimum Gasteiger partial charge on any atom is -0.466 e. The number of aliphatic hydroxyl groups is 1. The summed E-state index contributed by atoms with van der Waals surface area (Å²) in [6.07, 6.45) is -1.22. The van der Waals surface area contributed by atoms with Crippen molar-refractivity contribution < 1.29 is 23.4 Å². The summed E-state index contributed by atoms with van der Waals surface area (Å²) < 4.78 is 31.4. The Morgan fingerprint density at radius 1 is 1.42 bits per heavy atom. The summed E-state index contributed by atoms with van der Waals surface area (Å²) in [7, 11) is 0. The molecule has 1 unspecified atom stereocenters. The molecule has 0 amide bonds. The summed E-state index contributed by atoms with van der Waals surface area (Å²) in [6, 6.07) is 2.08. The maximum Gasteiger partial charge on any atom is 0.308 e. The quantitative estimate of drug-likeness (QED) is 0.778. The first-order valence-electron chi connectivity index (χ1n) is 5.97. The number of hydrogen-bond acceptors (Lipinski definition) is 4. The van der Waals surface area contributed by atoms with E-state index in [1.165, 1.54) is 6.92 Å². The van der Waals surface area contributed by atoms with Crippen LogP contribution in [-0.2, 0) is 9.53 Å². The largest absolute Gasteiger partial charge is 0.466 e. The van der Waals surface area contributed by atoms with Crippen LogP contribution in [0.15, 0.2) is 12.1 Å². The van der Waals surface area contributed by atoms with E-state index in [0.717, 1.165) is 12.1 Å². The van der Waals surface area contributed by atoms with Crippen LogP contribution < -0.4 is 5.32 Å².